The van der Waals surface area contributed by atoms with Crippen molar-refractivity contribution in [3.05, 3.63) is 58.4 Å². The maximum atomic E-state index is 13.7. The molecule has 39 heavy (non-hydrogen) atoms. The number of hydrogen-bond donors (Lipinski definition) is 2. The molecule has 1 amide bonds. The number of esters is 1. The monoisotopic (exact) mass is 529 g/mol. The SMILES string of the molecule is CCOC(=O)c1c(C)n(C)c2ccc(OC)c(NC(=O)C[NH+]3CCn4c5c(c6cc(C)ccc64)CCC[C@H]53)c12. The molecule has 2 N–H and O–H groups in total. The van der Waals surface area contributed by atoms with Crippen LogP contribution in [0.25, 0.3) is 21.8 Å². The van der Waals surface area contributed by atoms with Gasteiger partial charge >= 0.3 is 5.97 Å². The second-order valence-electron chi connectivity index (χ2n) is 10.9. The number of ether oxygens (including phenoxy) is 2. The molecule has 6 rings (SSSR count). The fraction of sp³-hybridized carbons (Fsp3) is 0.419. The predicted octanol–water partition coefficient (Wildman–Crippen LogP) is 3.85. The topological polar surface area (TPSA) is 78.9 Å². The summed E-state index contributed by atoms with van der Waals surface area (Å²) < 4.78 is 15.5. The minimum absolute atomic E-state index is 0.0837. The molecular formula is C31H37N4O4+. The van der Waals surface area contributed by atoms with Crippen LogP contribution < -0.4 is 15.0 Å². The summed E-state index contributed by atoms with van der Waals surface area (Å²) in [6.45, 7) is 8.26. The van der Waals surface area contributed by atoms with Crippen molar-refractivity contribution in [2.75, 3.05) is 32.1 Å². The largest absolute Gasteiger partial charge is 0.495 e. The predicted molar refractivity (Wildman–Crippen MR) is 152 cm³/mol. The highest BCUT2D eigenvalue weighted by Gasteiger charge is 2.39. The van der Waals surface area contributed by atoms with Crippen LogP contribution in [-0.2, 0) is 29.5 Å². The third-order valence-corrected chi connectivity index (χ3v) is 8.74. The first-order valence-corrected chi connectivity index (χ1v) is 13.9. The van der Waals surface area contributed by atoms with E-state index in [0.29, 0.717) is 35.0 Å². The van der Waals surface area contributed by atoms with E-state index in [0.717, 1.165) is 43.6 Å². The molecule has 2 aliphatic rings. The highest BCUT2D eigenvalue weighted by Crippen LogP contribution is 2.39. The summed E-state index contributed by atoms with van der Waals surface area (Å²) in [7, 11) is 3.49. The first-order chi connectivity index (χ1) is 18.8. The Morgan fingerprint density at radius 3 is 2.72 bits per heavy atom. The molecule has 2 aromatic carbocycles. The van der Waals surface area contributed by atoms with Crippen LogP contribution >= 0.6 is 0 Å². The smallest absolute Gasteiger partial charge is 0.340 e. The molecule has 4 aromatic rings. The van der Waals surface area contributed by atoms with Crippen molar-refractivity contribution >= 4 is 39.4 Å². The molecule has 1 unspecified atom stereocenters. The number of methoxy groups -OCH3 is 1. The molecule has 0 saturated heterocycles. The maximum Gasteiger partial charge on any atom is 0.340 e. The molecule has 0 bridgehead atoms. The number of carbonyl (C=O) groups excluding carboxylic acids is 2. The van der Waals surface area contributed by atoms with Crippen molar-refractivity contribution in [2.45, 2.75) is 52.6 Å². The molecule has 204 valence electrons. The van der Waals surface area contributed by atoms with E-state index < -0.39 is 5.97 Å². The van der Waals surface area contributed by atoms with E-state index >= 15 is 0 Å². The molecule has 3 heterocycles. The average molecular weight is 530 g/mol. The van der Waals surface area contributed by atoms with Crippen LogP contribution in [0.3, 0.4) is 0 Å². The Morgan fingerprint density at radius 1 is 1.15 bits per heavy atom. The lowest BCUT2D eigenvalue weighted by molar-refractivity contribution is -0.929. The lowest BCUT2D eigenvalue weighted by Crippen LogP contribution is -3.14. The van der Waals surface area contributed by atoms with Crippen LogP contribution in [0.1, 0.15) is 58.7 Å². The number of nitrogens with zero attached hydrogens (tertiary/aromatic N) is 2. The number of anilines is 1. The number of quaternary nitrogens is 1. The molecule has 0 spiro atoms. The Bertz CT molecular complexity index is 1630. The summed E-state index contributed by atoms with van der Waals surface area (Å²) in [5.41, 5.74) is 8.10. The van der Waals surface area contributed by atoms with E-state index in [2.05, 4.69) is 35.0 Å². The number of rotatable bonds is 6. The van der Waals surface area contributed by atoms with Gasteiger partial charge in [-0.3, -0.25) is 4.79 Å². The third kappa shape index (κ3) is 4.00. The molecule has 0 fully saturated rings. The number of amides is 1. The lowest BCUT2D eigenvalue weighted by atomic mass is 9.89. The second kappa shape index (κ2) is 9.75. The Balaban J connectivity index is 1.34. The van der Waals surface area contributed by atoms with Gasteiger partial charge < -0.3 is 28.8 Å². The Hall–Kier alpha value is -3.78. The van der Waals surface area contributed by atoms with Crippen LogP contribution in [0, 0.1) is 13.8 Å². The van der Waals surface area contributed by atoms with E-state index in [1.807, 2.05) is 30.7 Å². The molecule has 2 aromatic heterocycles. The minimum atomic E-state index is -0.399. The molecule has 8 nitrogen and oxygen atoms in total. The molecule has 1 aliphatic heterocycles. The third-order valence-electron chi connectivity index (χ3n) is 8.74. The number of benzene rings is 2. The quantitative estimate of drug-likeness (QED) is 0.372. The summed E-state index contributed by atoms with van der Waals surface area (Å²) in [4.78, 5) is 27.9. The van der Waals surface area contributed by atoms with E-state index in [4.69, 9.17) is 9.47 Å². The number of aryl methyl sites for hydroxylation is 3. The van der Waals surface area contributed by atoms with Gasteiger partial charge in [0.25, 0.3) is 5.91 Å². The molecule has 2 atom stereocenters. The van der Waals surface area contributed by atoms with E-state index in [9.17, 15) is 9.59 Å². The maximum absolute atomic E-state index is 13.7. The summed E-state index contributed by atoms with van der Waals surface area (Å²) in [5, 5.41) is 5.19. The Labute approximate surface area is 228 Å². The van der Waals surface area contributed by atoms with Crippen molar-refractivity contribution in [2.24, 2.45) is 7.05 Å². The van der Waals surface area contributed by atoms with E-state index in [1.54, 1.807) is 14.0 Å². The van der Waals surface area contributed by atoms with Gasteiger partial charge in [0.05, 0.1) is 49.3 Å². The van der Waals surface area contributed by atoms with Gasteiger partial charge in [0.1, 0.15) is 11.8 Å². The molecule has 0 radical (unpaired) electrons. The second-order valence-corrected chi connectivity index (χ2v) is 10.9. The normalized spacial score (nSPS) is 18.3. The van der Waals surface area contributed by atoms with Crippen LogP contribution in [-0.4, -0.2) is 47.8 Å². The van der Waals surface area contributed by atoms with Crippen molar-refractivity contribution < 1.29 is 24.0 Å². The van der Waals surface area contributed by atoms with E-state index in [1.165, 1.54) is 32.6 Å². The number of carbonyl (C=O) groups is 2. The highest BCUT2D eigenvalue weighted by atomic mass is 16.5. The van der Waals surface area contributed by atoms with Crippen molar-refractivity contribution in [1.29, 1.82) is 0 Å². The Morgan fingerprint density at radius 2 is 1.95 bits per heavy atom. The zero-order valence-electron chi connectivity index (χ0n) is 23.4. The average Bonchev–Trinajstić information content (AvgIpc) is 3.38. The summed E-state index contributed by atoms with van der Waals surface area (Å²) >= 11 is 0. The van der Waals surface area contributed by atoms with Gasteiger partial charge in [-0.1, -0.05) is 11.6 Å². The number of aromatic nitrogens is 2. The van der Waals surface area contributed by atoms with Gasteiger partial charge in [0.2, 0.25) is 0 Å². The fourth-order valence-electron chi connectivity index (χ4n) is 6.89. The zero-order valence-corrected chi connectivity index (χ0v) is 23.4. The number of fused-ring (bicyclic) bond motifs is 4. The highest BCUT2D eigenvalue weighted by molar-refractivity contribution is 6.14. The molecular weight excluding hydrogens is 492 g/mol. The van der Waals surface area contributed by atoms with Crippen LogP contribution in [0.15, 0.2) is 30.3 Å². The first kappa shape index (κ1) is 25.5. The summed E-state index contributed by atoms with van der Waals surface area (Å²) in [6, 6.07) is 10.8. The standard InChI is InChI=1S/C31H36N4O4/c1-6-39-31(37)27-19(3)33(4)23-12-13-25(38-5)29(28(23)27)32-26(36)17-34-14-15-35-22-11-10-18(2)16-21(22)20-8-7-9-24(34)30(20)35/h10-13,16,24H,6-9,14-15,17H2,1-5H3,(H,32,36)/p+1/t24-/m1/s1. The fourth-order valence-corrected chi connectivity index (χ4v) is 6.89. The van der Waals surface area contributed by atoms with Crippen LogP contribution in [0.2, 0.25) is 0 Å². The van der Waals surface area contributed by atoms with Gasteiger partial charge in [-0.25, -0.2) is 4.79 Å². The van der Waals surface area contributed by atoms with Gasteiger partial charge in [-0.2, -0.15) is 0 Å². The van der Waals surface area contributed by atoms with Gasteiger partial charge in [0, 0.05) is 35.5 Å². The lowest BCUT2D eigenvalue weighted by Gasteiger charge is -2.36. The van der Waals surface area contributed by atoms with Crippen LogP contribution in [0.5, 0.6) is 5.75 Å². The number of hydrogen-bond acceptors (Lipinski definition) is 4. The molecule has 8 heteroatoms. The van der Waals surface area contributed by atoms with Crippen molar-refractivity contribution in [3.63, 3.8) is 0 Å². The zero-order chi connectivity index (χ0) is 27.4. The van der Waals surface area contributed by atoms with Gasteiger partial charge in [-0.05, 0) is 63.4 Å². The van der Waals surface area contributed by atoms with Gasteiger partial charge in [0.15, 0.2) is 6.54 Å². The molecule has 1 aliphatic carbocycles. The Kier molecular flexibility index (Phi) is 6.38. The van der Waals surface area contributed by atoms with Crippen molar-refractivity contribution in [1.82, 2.24) is 9.13 Å². The molecule has 0 saturated carbocycles. The summed E-state index contributed by atoms with van der Waals surface area (Å²) in [6.07, 6.45) is 3.31. The van der Waals surface area contributed by atoms with Crippen LogP contribution in [0.4, 0.5) is 5.69 Å². The number of nitrogens with one attached hydrogen (secondary N) is 2. The minimum Gasteiger partial charge on any atom is -0.495 e. The summed E-state index contributed by atoms with van der Waals surface area (Å²) in [5.74, 6) is 0.0412. The van der Waals surface area contributed by atoms with Gasteiger partial charge in [-0.15, -0.1) is 0 Å². The first-order valence-electron chi connectivity index (χ1n) is 13.9. The van der Waals surface area contributed by atoms with E-state index in [-0.39, 0.29) is 12.5 Å². The van der Waals surface area contributed by atoms with Crippen molar-refractivity contribution in [3.8, 4) is 5.75 Å².